The number of rotatable bonds is 5. The Kier molecular flexibility index (Phi) is 4.85. The van der Waals surface area contributed by atoms with Crippen molar-refractivity contribution >= 4 is 5.97 Å². The van der Waals surface area contributed by atoms with E-state index in [2.05, 4.69) is 0 Å². The van der Waals surface area contributed by atoms with Crippen LogP contribution in [0, 0.1) is 5.92 Å². The van der Waals surface area contributed by atoms with Gasteiger partial charge in [-0.1, -0.05) is 6.92 Å². The average Bonchev–Trinajstić information content (AvgIpc) is 1.98. The van der Waals surface area contributed by atoms with Gasteiger partial charge in [0, 0.05) is 0 Å². The highest BCUT2D eigenvalue weighted by Gasteiger charge is 2.19. The molecular weight excluding hydrogens is 156 g/mol. The van der Waals surface area contributed by atoms with Crippen LogP contribution in [0.3, 0.4) is 0 Å². The van der Waals surface area contributed by atoms with Crippen LogP contribution in [-0.4, -0.2) is 42.7 Å². The Hall–Kier alpha value is -0.610. The third-order valence-corrected chi connectivity index (χ3v) is 1.93. The maximum Gasteiger partial charge on any atom is 0.320 e. The van der Waals surface area contributed by atoms with Gasteiger partial charge in [0.05, 0.1) is 0 Å². The fourth-order valence-corrected chi connectivity index (χ4v) is 0.885. The number of hydrogen-bond donors (Lipinski definition) is 2. The molecule has 0 aromatic heterocycles. The highest BCUT2D eigenvalue weighted by molar-refractivity contribution is 5.73. The van der Waals surface area contributed by atoms with Gasteiger partial charge in [0.25, 0.3) is 0 Å². The predicted molar refractivity (Wildman–Crippen MR) is 47.9 cm³/mol. The molecule has 0 aliphatic heterocycles. The molecule has 0 aromatic carbocycles. The Labute approximate surface area is 73.3 Å². The Morgan fingerprint density at radius 2 is 2.08 bits per heavy atom. The topological polar surface area (TPSA) is 66.6 Å². The van der Waals surface area contributed by atoms with Crippen molar-refractivity contribution in [3.05, 3.63) is 0 Å². The Morgan fingerprint density at radius 3 is 2.42 bits per heavy atom. The van der Waals surface area contributed by atoms with E-state index in [-0.39, 0.29) is 5.92 Å². The summed E-state index contributed by atoms with van der Waals surface area (Å²) in [5.74, 6) is -0.883. The van der Waals surface area contributed by atoms with Gasteiger partial charge in [-0.3, -0.25) is 4.79 Å². The standard InChI is InChI=1S/C8H18N2O2/c1-6(4-5-10(2)3)7(9)8(11)12/h6-7H,4-5,9H2,1-3H3,(H,11,12). The van der Waals surface area contributed by atoms with Crippen LogP contribution < -0.4 is 5.73 Å². The lowest BCUT2D eigenvalue weighted by Crippen LogP contribution is -2.37. The van der Waals surface area contributed by atoms with Crippen LogP contribution in [0.25, 0.3) is 0 Å². The number of nitrogens with zero attached hydrogens (tertiary/aromatic N) is 1. The van der Waals surface area contributed by atoms with Gasteiger partial charge in [0.15, 0.2) is 0 Å². The predicted octanol–water partition coefficient (Wildman–Crippen LogP) is -0.0139. The summed E-state index contributed by atoms with van der Waals surface area (Å²) in [7, 11) is 3.91. The maximum atomic E-state index is 10.4. The number of carbonyl (C=O) groups is 1. The minimum absolute atomic E-state index is 0.0323. The zero-order chi connectivity index (χ0) is 9.72. The fraction of sp³-hybridized carbons (Fsp3) is 0.875. The molecule has 0 fully saturated rings. The highest BCUT2D eigenvalue weighted by atomic mass is 16.4. The summed E-state index contributed by atoms with van der Waals surface area (Å²) in [6, 6.07) is -0.732. The second kappa shape index (κ2) is 5.11. The lowest BCUT2D eigenvalue weighted by atomic mass is 9.99. The zero-order valence-electron chi connectivity index (χ0n) is 7.95. The Bertz CT molecular complexity index is 148. The fourth-order valence-electron chi connectivity index (χ4n) is 0.885. The molecule has 2 atom stereocenters. The van der Waals surface area contributed by atoms with Crippen molar-refractivity contribution in [1.29, 1.82) is 0 Å². The summed E-state index contributed by atoms with van der Waals surface area (Å²) in [6.45, 7) is 2.74. The van der Waals surface area contributed by atoms with E-state index in [0.29, 0.717) is 0 Å². The summed E-state index contributed by atoms with van der Waals surface area (Å²) in [5.41, 5.74) is 5.43. The van der Waals surface area contributed by atoms with Crippen LogP contribution in [0.15, 0.2) is 0 Å². The van der Waals surface area contributed by atoms with E-state index in [0.717, 1.165) is 13.0 Å². The average molecular weight is 174 g/mol. The molecule has 2 unspecified atom stereocenters. The number of carboxylic acid groups (broad SMARTS) is 1. The Balaban J connectivity index is 3.71. The third-order valence-electron chi connectivity index (χ3n) is 1.93. The van der Waals surface area contributed by atoms with E-state index in [1.54, 1.807) is 0 Å². The van der Waals surface area contributed by atoms with E-state index in [1.165, 1.54) is 0 Å². The molecule has 4 nitrogen and oxygen atoms in total. The van der Waals surface area contributed by atoms with Crippen molar-refractivity contribution < 1.29 is 9.90 Å². The molecule has 0 radical (unpaired) electrons. The van der Waals surface area contributed by atoms with Crippen LogP contribution in [0.1, 0.15) is 13.3 Å². The zero-order valence-corrected chi connectivity index (χ0v) is 7.95. The summed E-state index contributed by atoms with van der Waals surface area (Å²) < 4.78 is 0. The van der Waals surface area contributed by atoms with Gasteiger partial charge in [-0.05, 0) is 33.0 Å². The normalized spacial score (nSPS) is 16.1. The van der Waals surface area contributed by atoms with Crippen molar-refractivity contribution in [2.75, 3.05) is 20.6 Å². The summed E-state index contributed by atoms with van der Waals surface area (Å²) >= 11 is 0. The van der Waals surface area contributed by atoms with Crippen molar-refractivity contribution in [1.82, 2.24) is 4.90 Å². The van der Waals surface area contributed by atoms with Crippen molar-refractivity contribution in [3.63, 3.8) is 0 Å². The van der Waals surface area contributed by atoms with Gasteiger partial charge in [-0.25, -0.2) is 0 Å². The molecule has 0 spiro atoms. The first kappa shape index (κ1) is 11.4. The van der Waals surface area contributed by atoms with Crippen molar-refractivity contribution in [3.8, 4) is 0 Å². The van der Waals surface area contributed by atoms with Gasteiger partial charge in [0.1, 0.15) is 6.04 Å². The van der Waals surface area contributed by atoms with Crippen molar-refractivity contribution in [2.24, 2.45) is 11.7 Å². The lowest BCUT2D eigenvalue weighted by Gasteiger charge is -2.17. The molecule has 72 valence electrons. The summed E-state index contributed by atoms with van der Waals surface area (Å²) in [4.78, 5) is 12.5. The maximum absolute atomic E-state index is 10.4. The van der Waals surface area contributed by atoms with Gasteiger partial charge >= 0.3 is 5.97 Å². The highest BCUT2D eigenvalue weighted by Crippen LogP contribution is 2.06. The van der Waals surface area contributed by atoms with Crippen LogP contribution in [0.2, 0.25) is 0 Å². The van der Waals surface area contributed by atoms with E-state index in [4.69, 9.17) is 10.8 Å². The van der Waals surface area contributed by atoms with Crippen molar-refractivity contribution in [2.45, 2.75) is 19.4 Å². The molecule has 0 amide bonds. The number of carboxylic acids is 1. The molecule has 0 aliphatic carbocycles. The summed E-state index contributed by atoms with van der Waals surface area (Å²) in [5, 5.41) is 8.58. The molecule has 0 aliphatic rings. The molecular formula is C8H18N2O2. The Morgan fingerprint density at radius 1 is 1.58 bits per heavy atom. The molecule has 0 saturated heterocycles. The minimum Gasteiger partial charge on any atom is -0.480 e. The first-order chi connectivity index (χ1) is 5.45. The molecule has 4 heteroatoms. The van der Waals surface area contributed by atoms with Crippen LogP contribution in [0.4, 0.5) is 0 Å². The van der Waals surface area contributed by atoms with E-state index in [9.17, 15) is 4.79 Å². The summed E-state index contributed by atoms with van der Waals surface area (Å²) in [6.07, 6.45) is 0.820. The lowest BCUT2D eigenvalue weighted by molar-refractivity contribution is -0.139. The largest absolute Gasteiger partial charge is 0.480 e. The minimum atomic E-state index is -0.916. The third kappa shape index (κ3) is 4.31. The number of aliphatic carboxylic acids is 1. The SMILES string of the molecule is CC(CCN(C)C)C(N)C(=O)O. The van der Waals surface area contributed by atoms with Crippen LogP contribution >= 0.6 is 0 Å². The van der Waals surface area contributed by atoms with Gasteiger partial charge in [-0.15, -0.1) is 0 Å². The van der Waals surface area contributed by atoms with Gasteiger partial charge in [0.2, 0.25) is 0 Å². The molecule has 12 heavy (non-hydrogen) atoms. The molecule has 3 N–H and O–H groups in total. The molecule has 0 heterocycles. The molecule has 0 aromatic rings. The second-order valence-corrected chi connectivity index (χ2v) is 3.43. The van der Waals surface area contributed by atoms with Crippen LogP contribution in [0.5, 0.6) is 0 Å². The second-order valence-electron chi connectivity index (χ2n) is 3.43. The van der Waals surface area contributed by atoms with E-state index in [1.807, 2.05) is 25.9 Å². The molecule has 0 bridgehead atoms. The quantitative estimate of drug-likeness (QED) is 0.615. The number of hydrogen-bond acceptors (Lipinski definition) is 3. The van der Waals surface area contributed by atoms with E-state index < -0.39 is 12.0 Å². The first-order valence-electron chi connectivity index (χ1n) is 4.08. The monoisotopic (exact) mass is 174 g/mol. The number of nitrogens with two attached hydrogens (primary N) is 1. The van der Waals surface area contributed by atoms with E-state index >= 15 is 0 Å². The smallest absolute Gasteiger partial charge is 0.320 e. The van der Waals surface area contributed by atoms with Crippen LogP contribution in [-0.2, 0) is 4.79 Å². The van der Waals surface area contributed by atoms with Gasteiger partial charge < -0.3 is 15.7 Å². The van der Waals surface area contributed by atoms with Gasteiger partial charge in [-0.2, -0.15) is 0 Å². The first-order valence-corrected chi connectivity index (χ1v) is 4.08. The molecule has 0 rings (SSSR count). The molecule has 0 saturated carbocycles.